The number of anilines is 1. The lowest BCUT2D eigenvalue weighted by molar-refractivity contribution is -0.119. The molecule has 0 radical (unpaired) electrons. The third kappa shape index (κ3) is 2.50. The first-order chi connectivity index (χ1) is 11.0. The van der Waals surface area contributed by atoms with Gasteiger partial charge in [-0.25, -0.2) is 0 Å². The highest BCUT2D eigenvalue weighted by molar-refractivity contribution is 6.23. The Bertz CT molecular complexity index is 778. The topological polar surface area (TPSA) is 66.5 Å². The number of para-hydroxylation sites is 1. The van der Waals surface area contributed by atoms with Crippen molar-refractivity contribution in [3.05, 3.63) is 65.2 Å². The van der Waals surface area contributed by atoms with E-state index < -0.39 is 23.8 Å². The summed E-state index contributed by atoms with van der Waals surface area (Å²) in [5.74, 6) is -1.26. The summed E-state index contributed by atoms with van der Waals surface area (Å²) in [7, 11) is 0. The van der Waals surface area contributed by atoms with Gasteiger partial charge in [0.15, 0.2) is 0 Å². The van der Waals surface area contributed by atoms with E-state index >= 15 is 0 Å². The van der Waals surface area contributed by atoms with Crippen LogP contribution in [-0.2, 0) is 4.79 Å². The van der Waals surface area contributed by atoms with Crippen molar-refractivity contribution in [1.29, 1.82) is 0 Å². The number of hydrogen-bond acceptors (Lipinski definition) is 3. The molecule has 116 valence electrons. The van der Waals surface area contributed by atoms with Gasteiger partial charge in [0.25, 0.3) is 11.8 Å². The fourth-order valence-electron chi connectivity index (χ4n) is 2.63. The number of benzene rings is 2. The number of amides is 3. The molecule has 1 atom stereocenters. The van der Waals surface area contributed by atoms with Crippen molar-refractivity contribution in [2.45, 2.75) is 19.9 Å². The van der Waals surface area contributed by atoms with Crippen molar-refractivity contribution in [2.24, 2.45) is 0 Å². The van der Waals surface area contributed by atoms with Gasteiger partial charge in [-0.15, -0.1) is 0 Å². The van der Waals surface area contributed by atoms with Gasteiger partial charge in [0.1, 0.15) is 6.04 Å². The molecule has 2 aromatic carbocycles. The molecule has 5 nitrogen and oxygen atoms in total. The van der Waals surface area contributed by atoms with E-state index in [1.807, 2.05) is 25.1 Å². The molecular formula is C18H16N2O3. The maximum absolute atomic E-state index is 12.4. The predicted molar refractivity (Wildman–Crippen MR) is 86.2 cm³/mol. The first-order valence-corrected chi connectivity index (χ1v) is 7.34. The molecule has 3 amide bonds. The van der Waals surface area contributed by atoms with Crippen molar-refractivity contribution in [2.75, 3.05) is 5.32 Å². The summed E-state index contributed by atoms with van der Waals surface area (Å²) in [6.45, 7) is 3.43. The number of hydrogen-bond donors (Lipinski definition) is 1. The van der Waals surface area contributed by atoms with E-state index in [-0.39, 0.29) is 0 Å². The molecule has 0 fully saturated rings. The number of rotatable bonds is 3. The molecule has 0 spiro atoms. The maximum atomic E-state index is 12.4. The Morgan fingerprint density at radius 1 is 0.957 bits per heavy atom. The van der Waals surface area contributed by atoms with E-state index in [4.69, 9.17) is 0 Å². The molecule has 1 N–H and O–H groups in total. The molecule has 0 bridgehead atoms. The second-order valence-electron chi connectivity index (χ2n) is 5.51. The molecule has 5 heteroatoms. The Hall–Kier alpha value is -2.95. The van der Waals surface area contributed by atoms with E-state index in [9.17, 15) is 14.4 Å². The summed E-state index contributed by atoms with van der Waals surface area (Å²) < 4.78 is 0. The number of aryl methyl sites for hydroxylation is 1. The lowest BCUT2D eigenvalue weighted by Gasteiger charge is -2.22. The molecule has 1 aliphatic heterocycles. The van der Waals surface area contributed by atoms with E-state index in [1.54, 1.807) is 37.3 Å². The zero-order valence-corrected chi connectivity index (χ0v) is 12.9. The average molecular weight is 308 g/mol. The number of nitrogens with one attached hydrogen (secondary N) is 1. The highest BCUT2D eigenvalue weighted by atomic mass is 16.2. The Balaban J connectivity index is 1.83. The van der Waals surface area contributed by atoms with Crippen LogP contribution in [0.2, 0.25) is 0 Å². The second-order valence-corrected chi connectivity index (χ2v) is 5.51. The summed E-state index contributed by atoms with van der Waals surface area (Å²) in [5.41, 5.74) is 2.26. The zero-order valence-electron chi connectivity index (χ0n) is 12.9. The Labute approximate surface area is 133 Å². The molecule has 0 aromatic heterocycles. The lowest BCUT2D eigenvalue weighted by Crippen LogP contribution is -2.45. The third-order valence-corrected chi connectivity index (χ3v) is 4.00. The second kappa shape index (κ2) is 5.68. The average Bonchev–Trinajstić information content (AvgIpc) is 2.81. The minimum atomic E-state index is -0.887. The van der Waals surface area contributed by atoms with Crippen molar-refractivity contribution in [3.63, 3.8) is 0 Å². The fourth-order valence-corrected chi connectivity index (χ4v) is 2.63. The number of fused-ring (bicyclic) bond motifs is 1. The standard InChI is InChI=1S/C18H16N2O3/c1-11-7-3-6-10-15(11)19-16(21)12(2)20-17(22)13-8-4-5-9-14(13)18(20)23/h3-10,12H,1-2H3,(H,19,21)/t12-/m0/s1. The summed E-state index contributed by atoms with van der Waals surface area (Å²) in [6.07, 6.45) is 0. The van der Waals surface area contributed by atoms with Gasteiger partial charge < -0.3 is 5.32 Å². The minimum Gasteiger partial charge on any atom is -0.324 e. The predicted octanol–water partition coefficient (Wildman–Crippen LogP) is 2.62. The van der Waals surface area contributed by atoms with Crippen LogP contribution in [0.3, 0.4) is 0 Å². The van der Waals surface area contributed by atoms with Gasteiger partial charge >= 0.3 is 0 Å². The molecule has 0 unspecified atom stereocenters. The number of imide groups is 1. The van der Waals surface area contributed by atoms with Crippen molar-refractivity contribution in [3.8, 4) is 0 Å². The lowest BCUT2D eigenvalue weighted by atomic mass is 10.1. The van der Waals surface area contributed by atoms with E-state index in [0.29, 0.717) is 16.8 Å². The molecule has 0 saturated carbocycles. The van der Waals surface area contributed by atoms with Crippen LogP contribution < -0.4 is 5.32 Å². The largest absolute Gasteiger partial charge is 0.324 e. The molecule has 23 heavy (non-hydrogen) atoms. The number of carbonyl (C=O) groups excluding carboxylic acids is 3. The van der Waals surface area contributed by atoms with E-state index in [2.05, 4.69) is 5.32 Å². The number of nitrogens with zero attached hydrogens (tertiary/aromatic N) is 1. The summed E-state index contributed by atoms with van der Waals surface area (Å²) in [6, 6.07) is 13.1. The van der Waals surface area contributed by atoms with Gasteiger partial charge in [-0.3, -0.25) is 19.3 Å². The van der Waals surface area contributed by atoms with Crippen LogP contribution in [0.5, 0.6) is 0 Å². The van der Waals surface area contributed by atoms with Gasteiger partial charge in [0.2, 0.25) is 5.91 Å². The van der Waals surface area contributed by atoms with Gasteiger partial charge in [-0.1, -0.05) is 30.3 Å². The van der Waals surface area contributed by atoms with Crippen molar-refractivity contribution in [1.82, 2.24) is 4.90 Å². The van der Waals surface area contributed by atoms with Gasteiger partial charge in [0, 0.05) is 5.69 Å². The third-order valence-electron chi connectivity index (χ3n) is 4.00. The maximum Gasteiger partial charge on any atom is 0.262 e. The van der Waals surface area contributed by atoms with Gasteiger partial charge in [-0.2, -0.15) is 0 Å². The van der Waals surface area contributed by atoms with Crippen LogP contribution in [0, 0.1) is 6.92 Å². The van der Waals surface area contributed by atoms with Crippen molar-refractivity contribution < 1.29 is 14.4 Å². The van der Waals surface area contributed by atoms with Crippen LogP contribution in [0.25, 0.3) is 0 Å². The summed E-state index contributed by atoms with van der Waals surface area (Å²) >= 11 is 0. The van der Waals surface area contributed by atoms with Gasteiger partial charge in [-0.05, 0) is 37.6 Å². The normalized spacial score (nSPS) is 14.6. The summed E-state index contributed by atoms with van der Waals surface area (Å²) in [4.78, 5) is 38.2. The Morgan fingerprint density at radius 3 is 2.04 bits per heavy atom. The minimum absolute atomic E-state index is 0.341. The number of carbonyl (C=O) groups is 3. The van der Waals surface area contributed by atoms with Crippen LogP contribution in [0.4, 0.5) is 5.69 Å². The molecule has 3 rings (SSSR count). The quantitative estimate of drug-likeness (QED) is 0.886. The molecular weight excluding hydrogens is 292 g/mol. The first-order valence-electron chi connectivity index (χ1n) is 7.34. The molecule has 1 aliphatic rings. The smallest absolute Gasteiger partial charge is 0.262 e. The van der Waals surface area contributed by atoms with Crippen LogP contribution >= 0.6 is 0 Å². The Morgan fingerprint density at radius 2 is 1.48 bits per heavy atom. The SMILES string of the molecule is Cc1ccccc1NC(=O)[C@H](C)N1C(=O)c2ccccc2C1=O. The first kappa shape index (κ1) is 15.0. The molecule has 1 heterocycles. The highest BCUT2D eigenvalue weighted by Crippen LogP contribution is 2.25. The molecule has 0 aliphatic carbocycles. The summed E-state index contributed by atoms with van der Waals surface area (Å²) in [5, 5.41) is 2.77. The van der Waals surface area contributed by atoms with Gasteiger partial charge in [0.05, 0.1) is 11.1 Å². The van der Waals surface area contributed by atoms with Crippen LogP contribution in [0.15, 0.2) is 48.5 Å². The molecule has 0 saturated heterocycles. The Kier molecular flexibility index (Phi) is 3.70. The monoisotopic (exact) mass is 308 g/mol. The van der Waals surface area contributed by atoms with Crippen molar-refractivity contribution >= 4 is 23.4 Å². The van der Waals surface area contributed by atoms with E-state index in [0.717, 1.165) is 10.5 Å². The molecule has 2 aromatic rings. The van der Waals surface area contributed by atoms with E-state index in [1.165, 1.54) is 0 Å². The fraction of sp³-hybridized carbons (Fsp3) is 0.167. The van der Waals surface area contributed by atoms with Crippen LogP contribution in [-0.4, -0.2) is 28.7 Å². The highest BCUT2D eigenvalue weighted by Gasteiger charge is 2.40. The zero-order chi connectivity index (χ0) is 16.6. The van der Waals surface area contributed by atoms with Crippen LogP contribution in [0.1, 0.15) is 33.2 Å².